The van der Waals surface area contributed by atoms with Gasteiger partial charge in [0.15, 0.2) is 5.65 Å². The number of amides is 2. The Hall–Kier alpha value is -3.22. The van der Waals surface area contributed by atoms with Crippen molar-refractivity contribution in [2.45, 2.75) is 18.9 Å². The SMILES string of the molecule is O=C1N[C@H]2CC[C@@H]1CN(C(=O)c1cccc(-c3cnn4cccnc34)c1)C2. The maximum absolute atomic E-state index is 13.1. The van der Waals surface area contributed by atoms with Crippen molar-refractivity contribution in [2.24, 2.45) is 5.92 Å². The normalized spacial score (nSPS) is 21.9. The molecule has 0 unspecified atom stereocenters. The minimum Gasteiger partial charge on any atom is -0.351 e. The second kappa shape index (κ2) is 6.19. The highest BCUT2D eigenvalue weighted by Crippen LogP contribution is 2.27. The van der Waals surface area contributed by atoms with Gasteiger partial charge in [-0.3, -0.25) is 9.59 Å². The molecule has 3 aliphatic rings. The van der Waals surface area contributed by atoms with E-state index in [0.717, 1.165) is 29.6 Å². The summed E-state index contributed by atoms with van der Waals surface area (Å²) < 4.78 is 1.72. The number of hydrogen-bond acceptors (Lipinski definition) is 4. The highest BCUT2D eigenvalue weighted by Gasteiger charge is 2.36. The van der Waals surface area contributed by atoms with E-state index in [0.29, 0.717) is 18.7 Å². The van der Waals surface area contributed by atoms with Crippen molar-refractivity contribution in [2.75, 3.05) is 13.1 Å². The molecule has 2 aromatic heterocycles. The van der Waals surface area contributed by atoms with Gasteiger partial charge >= 0.3 is 0 Å². The number of nitrogens with zero attached hydrogens (tertiary/aromatic N) is 4. The number of rotatable bonds is 2. The summed E-state index contributed by atoms with van der Waals surface area (Å²) >= 11 is 0. The number of fused-ring (bicyclic) bond motifs is 5. The lowest BCUT2D eigenvalue weighted by atomic mass is 9.96. The zero-order valence-electron chi connectivity index (χ0n) is 14.7. The summed E-state index contributed by atoms with van der Waals surface area (Å²) in [6.07, 6.45) is 7.13. The summed E-state index contributed by atoms with van der Waals surface area (Å²) in [4.78, 5) is 31.4. The van der Waals surface area contributed by atoms with E-state index in [1.54, 1.807) is 16.9 Å². The van der Waals surface area contributed by atoms with Crippen LogP contribution in [0.2, 0.25) is 0 Å². The Kier molecular flexibility index (Phi) is 3.67. The van der Waals surface area contributed by atoms with Gasteiger partial charge < -0.3 is 10.2 Å². The average Bonchev–Trinajstić information content (AvgIpc) is 2.93. The molecule has 2 atom stereocenters. The molecule has 3 aromatic rings. The first kappa shape index (κ1) is 16.0. The molecule has 1 aromatic carbocycles. The van der Waals surface area contributed by atoms with Crippen LogP contribution in [0.15, 0.2) is 48.9 Å². The standard InChI is InChI=1S/C20H19N5O2/c26-19-15-5-6-16(23-19)12-24(11-15)20(27)14-4-1-3-13(9-14)17-10-22-25-8-2-7-21-18(17)25/h1-4,7-10,15-16H,5-6,11-12H2,(H,23,26)/t15-,16+/m1/s1. The largest absolute Gasteiger partial charge is 0.351 e. The van der Waals surface area contributed by atoms with Crippen LogP contribution in [-0.4, -0.2) is 50.4 Å². The van der Waals surface area contributed by atoms with Crippen molar-refractivity contribution in [3.8, 4) is 11.1 Å². The van der Waals surface area contributed by atoms with Crippen LogP contribution in [0, 0.1) is 5.92 Å². The number of hydrogen-bond donors (Lipinski definition) is 1. The number of aromatic nitrogens is 3. The Morgan fingerprint density at radius 1 is 1.19 bits per heavy atom. The first-order valence-electron chi connectivity index (χ1n) is 9.17. The molecule has 0 spiro atoms. The van der Waals surface area contributed by atoms with Gasteiger partial charge in [0.1, 0.15) is 0 Å². The summed E-state index contributed by atoms with van der Waals surface area (Å²) in [6.45, 7) is 1.06. The van der Waals surface area contributed by atoms with E-state index in [4.69, 9.17) is 0 Å². The van der Waals surface area contributed by atoms with Gasteiger partial charge in [0, 0.05) is 42.7 Å². The molecule has 2 amide bonds. The molecule has 27 heavy (non-hydrogen) atoms. The first-order valence-corrected chi connectivity index (χ1v) is 9.17. The Balaban J connectivity index is 1.47. The third-order valence-corrected chi connectivity index (χ3v) is 5.45. The minimum atomic E-state index is -0.0975. The fraction of sp³-hybridized carbons (Fsp3) is 0.300. The van der Waals surface area contributed by atoms with Crippen LogP contribution in [0.1, 0.15) is 23.2 Å². The Morgan fingerprint density at radius 3 is 3.00 bits per heavy atom. The Bertz CT molecular complexity index is 1040. The number of benzene rings is 1. The fourth-order valence-electron chi connectivity index (χ4n) is 4.04. The van der Waals surface area contributed by atoms with Crippen LogP contribution in [0.3, 0.4) is 0 Å². The lowest BCUT2D eigenvalue weighted by Crippen LogP contribution is -2.43. The molecule has 3 saturated heterocycles. The van der Waals surface area contributed by atoms with Crippen molar-refractivity contribution in [1.82, 2.24) is 24.8 Å². The molecule has 5 heterocycles. The van der Waals surface area contributed by atoms with Gasteiger partial charge in [0.2, 0.25) is 5.91 Å². The molecule has 0 aliphatic carbocycles. The maximum Gasteiger partial charge on any atom is 0.253 e. The summed E-state index contributed by atoms with van der Waals surface area (Å²) in [5.74, 6) is -0.0536. The molecule has 136 valence electrons. The van der Waals surface area contributed by atoms with Crippen LogP contribution >= 0.6 is 0 Å². The molecule has 3 fully saturated rings. The number of nitrogens with one attached hydrogen (secondary N) is 1. The van der Waals surface area contributed by atoms with Crippen molar-refractivity contribution in [3.05, 3.63) is 54.5 Å². The van der Waals surface area contributed by atoms with Crippen LogP contribution in [0.4, 0.5) is 0 Å². The van der Waals surface area contributed by atoms with Gasteiger partial charge in [-0.05, 0) is 36.6 Å². The highest BCUT2D eigenvalue weighted by atomic mass is 16.2. The molecule has 7 nitrogen and oxygen atoms in total. The summed E-state index contributed by atoms with van der Waals surface area (Å²) in [6, 6.07) is 9.44. The second-order valence-corrected chi connectivity index (χ2v) is 7.22. The predicted molar refractivity (Wildman–Crippen MR) is 99.0 cm³/mol. The van der Waals surface area contributed by atoms with E-state index in [-0.39, 0.29) is 23.8 Å². The molecular weight excluding hydrogens is 342 g/mol. The van der Waals surface area contributed by atoms with E-state index in [2.05, 4.69) is 15.4 Å². The molecule has 3 aliphatic heterocycles. The van der Waals surface area contributed by atoms with Crippen molar-refractivity contribution >= 4 is 17.5 Å². The topological polar surface area (TPSA) is 79.6 Å². The van der Waals surface area contributed by atoms with Crippen molar-refractivity contribution < 1.29 is 9.59 Å². The maximum atomic E-state index is 13.1. The molecule has 7 heteroatoms. The number of carbonyl (C=O) groups excluding carboxylic acids is 2. The van der Waals surface area contributed by atoms with Crippen LogP contribution in [-0.2, 0) is 4.79 Å². The third-order valence-electron chi connectivity index (χ3n) is 5.45. The van der Waals surface area contributed by atoms with Crippen LogP contribution in [0.25, 0.3) is 16.8 Å². The van der Waals surface area contributed by atoms with Gasteiger partial charge in [-0.2, -0.15) is 5.10 Å². The second-order valence-electron chi connectivity index (χ2n) is 7.22. The van der Waals surface area contributed by atoms with E-state index in [9.17, 15) is 9.59 Å². The monoisotopic (exact) mass is 361 g/mol. The van der Waals surface area contributed by atoms with Gasteiger partial charge in [-0.25, -0.2) is 9.50 Å². The molecule has 2 bridgehead atoms. The van der Waals surface area contributed by atoms with Gasteiger partial charge in [-0.15, -0.1) is 0 Å². The fourth-order valence-corrected chi connectivity index (χ4v) is 4.04. The van der Waals surface area contributed by atoms with E-state index < -0.39 is 0 Å². The average molecular weight is 361 g/mol. The zero-order chi connectivity index (χ0) is 18.4. The highest BCUT2D eigenvalue weighted by molar-refractivity contribution is 5.96. The van der Waals surface area contributed by atoms with Gasteiger partial charge in [-0.1, -0.05) is 12.1 Å². The van der Waals surface area contributed by atoms with E-state index in [1.165, 1.54) is 0 Å². The number of piperidine rings is 1. The summed E-state index contributed by atoms with van der Waals surface area (Å²) in [7, 11) is 0. The Labute approximate surface area is 156 Å². The van der Waals surface area contributed by atoms with Gasteiger partial charge in [0.05, 0.1) is 12.1 Å². The smallest absolute Gasteiger partial charge is 0.253 e. The van der Waals surface area contributed by atoms with Crippen LogP contribution in [0.5, 0.6) is 0 Å². The molecule has 0 saturated carbocycles. The van der Waals surface area contributed by atoms with Crippen LogP contribution < -0.4 is 5.32 Å². The van der Waals surface area contributed by atoms with Crippen molar-refractivity contribution in [3.63, 3.8) is 0 Å². The lowest BCUT2D eigenvalue weighted by Gasteiger charge is -2.23. The summed E-state index contributed by atoms with van der Waals surface area (Å²) in [5, 5.41) is 7.34. The summed E-state index contributed by atoms with van der Waals surface area (Å²) in [5.41, 5.74) is 3.17. The first-order chi connectivity index (χ1) is 13.2. The quantitative estimate of drug-likeness (QED) is 0.754. The van der Waals surface area contributed by atoms with Crippen molar-refractivity contribution in [1.29, 1.82) is 0 Å². The Morgan fingerprint density at radius 2 is 2.11 bits per heavy atom. The third kappa shape index (κ3) is 2.75. The van der Waals surface area contributed by atoms with Gasteiger partial charge in [0.25, 0.3) is 5.91 Å². The molecular formula is C20H19N5O2. The predicted octanol–water partition coefficient (Wildman–Crippen LogP) is 1.75. The minimum absolute atomic E-state index is 0.0327. The molecule has 6 rings (SSSR count). The zero-order valence-corrected chi connectivity index (χ0v) is 14.7. The lowest BCUT2D eigenvalue weighted by molar-refractivity contribution is -0.126. The van der Waals surface area contributed by atoms with E-state index in [1.807, 2.05) is 41.4 Å². The number of carbonyl (C=O) groups is 2. The van der Waals surface area contributed by atoms with E-state index >= 15 is 0 Å². The molecule has 1 N–H and O–H groups in total. The molecule has 0 radical (unpaired) electrons.